The van der Waals surface area contributed by atoms with Gasteiger partial charge in [0.2, 0.25) is 5.91 Å². The first kappa shape index (κ1) is 21.1. The summed E-state index contributed by atoms with van der Waals surface area (Å²) < 4.78 is 14.9. The van der Waals surface area contributed by atoms with Crippen LogP contribution in [0.1, 0.15) is 38.7 Å². The van der Waals surface area contributed by atoms with Crippen molar-refractivity contribution in [2.75, 3.05) is 25.0 Å². The normalized spacial score (nSPS) is 32.1. The Bertz CT molecular complexity index is 839. The first-order chi connectivity index (χ1) is 14.4. The fourth-order valence-corrected chi connectivity index (χ4v) is 5.30. The second kappa shape index (κ2) is 8.52. The summed E-state index contributed by atoms with van der Waals surface area (Å²) in [6.45, 7) is 6.11. The third-order valence-electron chi connectivity index (χ3n) is 7.20. The van der Waals surface area contributed by atoms with Gasteiger partial charge in [-0.3, -0.25) is 9.69 Å². The van der Waals surface area contributed by atoms with Gasteiger partial charge in [0.15, 0.2) is 0 Å². The van der Waals surface area contributed by atoms with Crippen molar-refractivity contribution in [2.24, 2.45) is 5.92 Å². The lowest BCUT2D eigenvalue weighted by Gasteiger charge is -2.43. The maximum absolute atomic E-state index is 14.9. The average molecular weight is 414 g/mol. The Labute approximate surface area is 178 Å². The predicted octanol–water partition coefficient (Wildman–Crippen LogP) is 2.05. The molecule has 1 amide bonds. The van der Waals surface area contributed by atoms with Gasteiger partial charge in [-0.15, -0.1) is 0 Å². The third-order valence-corrected chi connectivity index (χ3v) is 7.20. The predicted molar refractivity (Wildman–Crippen MR) is 115 cm³/mol. The molecule has 162 valence electrons. The number of carbonyl (C=O) groups is 1. The number of piperazine rings is 1. The summed E-state index contributed by atoms with van der Waals surface area (Å²) in [5, 5.41) is 15.7. The average Bonchev–Trinajstić information content (AvgIpc) is 3.35. The fourth-order valence-electron chi connectivity index (χ4n) is 5.30. The number of likely N-dealkylation sites (N-methyl/N-ethyl adjacent to an activating group) is 1. The lowest BCUT2D eigenvalue weighted by molar-refractivity contribution is -0.124. The number of nitriles is 1. The fraction of sp³-hybridized carbons (Fsp3) is 0.652. The number of halogens is 1. The number of anilines is 1. The molecule has 3 fully saturated rings. The summed E-state index contributed by atoms with van der Waals surface area (Å²) in [6.07, 6.45) is 3.39. The smallest absolute Gasteiger partial charge is 0.238 e. The van der Waals surface area contributed by atoms with Crippen molar-refractivity contribution in [3.8, 4) is 6.07 Å². The molecule has 6 atom stereocenters. The minimum Gasteiger partial charge on any atom is -0.366 e. The second-order valence-electron chi connectivity index (χ2n) is 9.37. The topological polar surface area (TPSA) is 71.4 Å². The summed E-state index contributed by atoms with van der Waals surface area (Å²) in [7, 11) is 2.12. The molecule has 0 spiro atoms. The highest BCUT2D eigenvalue weighted by Crippen LogP contribution is 2.35. The standard InChI is InChI=1S/C23H32FN5O/c1-14-13-29(15(2)12-28(14)3)20-7-5-16(21(24)10-20)8-19(11-25)27-23(30)22-17-4-6-18(9-17)26-22/h5,7,10,14-15,17-19,22,26H,4,6,8-9,12-13H2,1-3H3,(H,27,30)/t14?,15?,17?,18?,19-,22?/m0/s1. The molecule has 1 aromatic rings. The van der Waals surface area contributed by atoms with Gasteiger partial charge in [-0.05, 0) is 63.8 Å². The molecule has 1 saturated carbocycles. The molecule has 30 heavy (non-hydrogen) atoms. The summed E-state index contributed by atoms with van der Waals surface area (Å²) >= 11 is 0. The first-order valence-corrected chi connectivity index (χ1v) is 11.1. The van der Waals surface area contributed by atoms with Crippen molar-refractivity contribution < 1.29 is 9.18 Å². The Hall–Kier alpha value is -2.17. The van der Waals surface area contributed by atoms with Gasteiger partial charge in [0, 0.05) is 43.3 Å². The quantitative estimate of drug-likeness (QED) is 0.773. The molecule has 2 N–H and O–H groups in total. The molecule has 2 saturated heterocycles. The van der Waals surface area contributed by atoms with Crippen molar-refractivity contribution in [3.63, 3.8) is 0 Å². The monoisotopic (exact) mass is 413 g/mol. The van der Waals surface area contributed by atoms with Crippen LogP contribution in [0.5, 0.6) is 0 Å². The van der Waals surface area contributed by atoms with E-state index in [1.54, 1.807) is 12.1 Å². The van der Waals surface area contributed by atoms with Crippen LogP contribution in [-0.4, -0.2) is 61.2 Å². The van der Waals surface area contributed by atoms with Gasteiger partial charge in [0.1, 0.15) is 11.9 Å². The van der Waals surface area contributed by atoms with Crippen LogP contribution in [0.3, 0.4) is 0 Å². The molecule has 1 aromatic carbocycles. The number of benzene rings is 1. The van der Waals surface area contributed by atoms with E-state index in [1.165, 1.54) is 0 Å². The third kappa shape index (κ3) is 4.17. The molecule has 3 aliphatic rings. The van der Waals surface area contributed by atoms with Crippen LogP contribution < -0.4 is 15.5 Å². The van der Waals surface area contributed by atoms with E-state index in [0.29, 0.717) is 29.6 Å². The summed E-state index contributed by atoms with van der Waals surface area (Å²) in [5.41, 5.74) is 1.33. The van der Waals surface area contributed by atoms with Crippen LogP contribution in [0.4, 0.5) is 10.1 Å². The molecule has 5 unspecified atom stereocenters. The number of piperidine rings is 1. The highest BCUT2D eigenvalue weighted by Gasteiger charge is 2.43. The van der Waals surface area contributed by atoms with E-state index in [1.807, 2.05) is 6.07 Å². The number of rotatable bonds is 5. The highest BCUT2D eigenvalue weighted by molar-refractivity contribution is 5.83. The van der Waals surface area contributed by atoms with Gasteiger partial charge < -0.3 is 15.5 Å². The lowest BCUT2D eigenvalue weighted by atomic mass is 9.98. The molecule has 2 aliphatic heterocycles. The molecule has 6 nitrogen and oxygen atoms in total. The van der Waals surface area contributed by atoms with E-state index in [4.69, 9.17) is 0 Å². The number of hydrogen-bond acceptors (Lipinski definition) is 5. The lowest BCUT2D eigenvalue weighted by Crippen LogP contribution is -2.55. The maximum Gasteiger partial charge on any atom is 0.238 e. The second-order valence-corrected chi connectivity index (χ2v) is 9.37. The minimum absolute atomic E-state index is 0.133. The summed E-state index contributed by atoms with van der Waals surface area (Å²) in [6, 6.07) is 7.57. The molecule has 0 aromatic heterocycles. The zero-order chi connectivity index (χ0) is 21.4. The van der Waals surface area contributed by atoms with E-state index < -0.39 is 6.04 Å². The van der Waals surface area contributed by atoms with Crippen molar-refractivity contribution in [1.29, 1.82) is 5.26 Å². The Morgan fingerprint density at radius 2 is 2.13 bits per heavy atom. The van der Waals surface area contributed by atoms with E-state index in [-0.39, 0.29) is 24.2 Å². The van der Waals surface area contributed by atoms with Gasteiger partial charge in [-0.25, -0.2) is 4.39 Å². The molecular formula is C23H32FN5O. The molecule has 2 bridgehead atoms. The summed E-state index contributed by atoms with van der Waals surface area (Å²) in [5.74, 6) is -0.0943. The maximum atomic E-state index is 14.9. The van der Waals surface area contributed by atoms with E-state index >= 15 is 0 Å². The van der Waals surface area contributed by atoms with E-state index in [0.717, 1.165) is 38.0 Å². The van der Waals surface area contributed by atoms with Crippen LogP contribution >= 0.6 is 0 Å². The van der Waals surface area contributed by atoms with Crippen LogP contribution in [0, 0.1) is 23.1 Å². The van der Waals surface area contributed by atoms with Gasteiger partial charge in [-0.1, -0.05) is 6.07 Å². The van der Waals surface area contributed by atoms with E-state index in [2.05, 4.69) is 47.4 Å². The first-order valence-electron chi connectivity index (χ1n) is 11.1. The zero-order valence-electron chi connectivity index (χ0n) is 18.1. The number of fused-ring (bicyclic) bond motifs is 2. The number of nitrogens with zero attached hydrogens (tertiary/aromatic N) is 3. The Morgan fingerprint density at radius 1 is 1.33 bits per heavy atom. The SMILES string of the molecule is CC1CN(c2ccc(C[C@@H](C#N)NC(=O)C3NC4CCC3C4)c(F)c2)C(C)CN1C. The van der Waals surface area contributed by atoms with Crippen molar-refractivity contribution in [3.05, 3.63) is 29.6 Å². The van der Waals surface area contributed by atoms with Gasteiger partial charge in [0.25, 0.3) is 0 Å². The van der Waals surface area contributed by atoms with Crippen LogP contribution in [0.15, 0.2) is 18.2 Å². The molecule has 0 radical (unpaired) electrons. The van der Waals surface area contributed by atoms with Crippen molar-refractivity contribution in [1.82, 2.24) is 15.5 Å². The molecular weight excluding hydrogens is 381 g/mol. The van der Waals surface area contributed by atoms with Crippen LogP contribution in [0.2, 0.25) is 0 Å². The van der Waals surface area contributed by atoms with Crippen LogP contribution in [0.25, 0.3) is 0 Å². The number of amides is 1. The van der Waals surface area contributed by atoms with Crippen molar-refractivity contribution >= 4 is 11.6 Å². The zero-order valence-corrected chi connectivity index (χ0v) is 18.1. The van der Waals surface area contributed by atoms with Gasteiger partial charge in [0.05, 0.1) is 12.1 Å². The Kier molecular flexibility index (Phi) is 5.99. The van der Waals surface area contributed by atoms with Gasteiger partial charge in [-0.2, -0.15) is 5.26 Å². The van der Waals surface area contributed by atoms with Crippen molar-refractivity contribution in [2.45, 2.75) is 69.7 Å². The molecule has 1 aliphatic carbocycles. The largest absolute Gasteiger partial charge is 0.366 e. The number of nitrogens with one attached hydrogen (secondary N) is 2. The van der Waals surface area contributed by atoms with Gasteiger partial charge >= 0.3 is 0 Å². The van der Waals surface area contributed by atoms with E-state index in [9.17, 15) is 14.4 Å². The molecule has 4 rings (SSSR count). The Morgan fingerprint density at radius 3 is 2.77 bits per heavy atom. The van der Waals surface area contributed by atoms with Crippen LogP contribution in [-0.2, 0) is 11.2 Å². The summed E-state index contributed by atoms with van der Waals surface area (Å²) in [4.78, 5) is 17.2. The highest BCUT2D eigenvalue weighted by atomic mass is 19.1. The number of hydrogen-bond donors (Lipinski definition) is 2. The Balaban J connectivity index is 1.40. The minimum atomic E-state index is -0.735. The molecule has 2 heterocycles. The molecule has 7 heteroatoms. The number of carbonyl (C=O) groups excluding carboxylic acids is 1.